The lowest BCUT2D eigenvalue weighted by atomic mass is 9.89. The Hall–Kier alpha value is -2.58. The molecule has 0 aromatic heterocycles. The SMILES string of the molecule is C[C@]1(c2ccc3c(c2)CCC3)NC(=O)N(CC(=O)NCC(F)(F)F)C1=O. The van der Waals surface area contributed by atoms with Gasteiger partial charge >= 0.3 is 12.2 Å². The molecule has 1 heterocycles. The zero-order chi connectivity index (χ0) is 19.1. The van der Waals surface area contributed by atoms with Crippen LogP contribution in [0, 0.1) is 0 Å². The van der Waals surface area contributed by atoms with E-state index in [1.807, 2.05) is 12.1 Å². The summed E-state index contributed by atoms with van der Waals surface area (Å²) in [4.78, 5) is 37.1. The average molecular weight is 369 g/mol. The van der Waals surface area contributed by atoms with Crippen LogP contribution in [-0.2, 0) is 28.0 Å². The monoisotopic (exact) mass is 369 g/mol. The van der Waals surface area contributed by atoms with Gasteiger partial charge in [-0.3, -0.25) is 14.5 Å². The van der Waals surface area contributed by atoms with Crippen LogP contribution in [-0.4, -0.2) is 42.0 Å². The van der Waals surface area contributed by atoms with Crippen molar-refractivity contribution in [2.24, 2.45) is 0 Å². The Morgan fingerprint density at radius 3 is 2.65 bits per heavy atom. The average Bonchev–Trinajstić information content (AvgIpc) is 3.11. The van der Waals surface area contributed by atoms with E-state index < -0.39 is 42.7 Å². The van der Waals surface area contributed by atoms with Gasteiger partial charge in [0, 0.05) is 0 Å². The van der Waals surface area contributed by atoms with E-state index in [1.165, 1.54) is 12.5 Å². The lowest BCUT2D eigenvalue weighted by Crippen LogP contribution is -2.44. The smallest absolute Gasteiger partial charge is 0.345 e. The molecule has 0 spiro atoms. The van der Waals surface area contributed by atoms with E-state index in [2.05, 4.69) is 5.32 Å². The third-order valence-corrected chi connectivity index (χ3v) is 4.74. The lowest BCUT2D eigenvalue weighted by Gasteiger charge is -2.23. The Morgan fingerprint density at radius 1 is 1.27 bits per heavy atom. The number of carbonyl (C=O) groups excluding carboxylic acids is 3. The number of halogens is 3. The Bertz CT molecular complexity index is 778. The van der Waals surface area contributed by atoms with Crippen LogP contribution >= 0.6 is 0 Å². The molecule has 0 radical (unpaired) electrons. The Morgan fingerprint density at radius 2 is 1.96 bits per heavy atom. The van der Waals surface area contributed by atoms with Crippen LogP contribution in [0.4, 0.5) is 18.0 Å². The molecule has 0 bridgehead atoms. The van der Waals surface area contributed by atoms with Gasteiger partial charge in [0.1, 0.15) is 18.6 Å². The van der Waals surface area contributed by atoms with Crippen molar-refractivity contribution in [3.8, 4) is 0 Å². The van der Waals surface area contributed by atoms with E-state index >= 15 is 0 Å². The van der Waals surface area contributed by atoms with Gasteiger partial charge in [-0.1, -0.05) is 18.2 Å². The quantitative estimate of drug-likeness (QED) is 0.792. The number of carbonyl (C=O) groups is 3. The minimum atomic E-state index is -4.56. The first-order valence-corrected chi connectivity index (χ1v) is 8.20. The number of urea groups is 1. The van der Waals surface area contributed by atoms with Gasteiger partial charge < -0.3 is 10.6 Å². The van der Waals surface area contributed by atoms with E-state index in [0.717, 1.165) is 24.8 Å². The molecule has 1 aromatic rings. The van der Waals surface area contributed by atoms with Gasteiger partial charge in [-0.15, -0.1) is 0 Å². The molecule has 0 saturated carbocycles. The third kappa shape index (κ3) is 3.38. The Kier molecular flexibility index (Phi) is 4.41. The number of alkyl halides is 3. The number of imide groups is 1. The fraction of sp³-hybridized carbons (Fsp3) is 0.471. The number of aryl methyl sites for hydroxylation is 2. The van der Waals surface area contributed by atoms with Crippen molar-refractivity contribution < 1.29 is 27.6 Å². The van der Waals surface area contributed by atoms with Crippen LogP contribution in [0.15, 0.2) is 18.2 Å². The van der Waals surface area contributed by atoms with Gasteiger partial charge in [-0.25, -0.2) is 4.79 Å². The maximum absolute atomic E-state index is 12.7. The van der Waals surface area contributed by atoms with Crippen molar-refractivity contribution >= 4 is 17.8 Å². The second-order valence-corrected chi connectivity index (χ2v) is 6.68. The summed E-state index contributed by atoms with van der Waals surface area (Å²) in [6.07, 6.45) is -1.67. The van der Waals surface area contributed by atoms with Gasteiger partial charge in [-0.05, 0) is 42.9 Å². The summed E-state index contributed by atoms with van der Waals surface area (Å²) in [6.45, 7) is -0.754. The summed E-state index contributed by atoms with van der Waals surface area (Å²) in [7, 11) is 0. The summed E-state index contributed by atoms with van der Waals surface area (Å²) in [6, 6.07) is 4.74. The zero-order valence-corrected chi connectivity index (χ0v) is 14.1. The summed E-state index contributed by atoms with van der Waals surface area (Å²) in [5.74, 6) is -1.72. The maximum atomic E-state index is 12.7. The summed E-state index contributed by atoms with van der Waals surface area (Å²) < 4.78 is 36.5. The predicted octanol–water partition coefficient (Wildman–Crippen LogP) is 1.62. The molecule has 26 heavy (non-hydrogen) atoms. The highest BCUT2D eigenvalue weighted by molar-refractivity contribution is 6.09. The number of benzene rings is 1. The Labute approximate surface area is 147 Å². The van der Waals surface area contributed by atoms with E-state index in [1.54, 1.807) is 11.4 Å². The summed E-state index contributed by atoms with van der Waals surface area (Å²) in [5, 5.41) is 4.20. The number of nitrogens with one attached hydrogen (secondary N) is 2. The highest BCUT2D eigenvalue weighted by Gasteiger charge is 2.49. The molecule has 0 unspecified atom stereocenters. The van der Waals surface area contributed by atoms with Crippen molar-refractivity contribution in [1.29, 1.82) is 0 Å². The largest absolute Gasteiger partial charge is 0.405 e. The lowest BCUT2D eigenvalue weighted by molar-refractivity contribution is -0.141. The van der Waals surface area contributed by atoms with E-state index in [4.69, 9.17) is 0 Å². The van der Waals surface area contributed by atoms with Crippen LogP contribution in [0.25, 0.3) is 0 Å². The van der Waals surface area contributed by atoms with Crippen LogP contribution in [0.3, 0.4) is 0 Å². The second kappa shape index (κ2) is 6.30. The zero-order valence-electron chi connectivity index (χ0n) is 14.1. The molecular formula is C17H18F3N3O3. The molecular weight excluding hydrogens is 351 g/mol. The molecule has 1 saturated heterocycles. The van der Waals surface area contributed by atoms with Crippen molar-refractivity contribution in [3.63, 3.8) is 0 Å². The van der Waals surface area contributed by atoms with E-state index in [9.17, 15) is 27.6 Å². The fourth-order valence-corrected chi connectivity index (χ4v) is 3.32. The molecule has 6 nitrogen and oxygen atoms in total. The van der Waals surface area contributed by atoms with E-state index in [0.29, 0.717) is 10.5 Å². The summed E-state index contributed by atoms with van der Waals surface area (Å²) in [5.41, 5.74) is 1.57. The minimum Gasteiger partial charge on any atom is -0.345 e. The molecule has 4 amide bonds. The molecule has 1 aliphatic carbocycles. The minimum absolute atomic E-state index is 0.592. The first-order valence-electron chi connectivity index (χ1n) is 8.20. The molecule has 140 valence electrons. The normalized spacial score (nSPS) is 22.4. The van der Waals surface area contributed by atoms with Gasteiger partial charge in [-0.2, -0.15) is 13.2 Å². The van der Waals surface area contributed by atoms with Crippen LogP contribution < -0.4 is 10.6 Å². The number of hydrogen-bond donors (Lipinski definition) is 2. The first kappa shape index (κ1) is 18.2. The van der Waals surface area contributed by atoms with Gasteiger partial charge in [0.15, 0.2) is 0 Å². The molecule has 2 aliphatic rings. The van der Waals surface area contributed by atoms with Crippen molar-refractivity contribution in [3.05, 3.63) is 34.9 Å². The number of rotatable bonds is 4. The second-order valence-electron chi connectivity index (χ2n) is 6.68. The molecule has 2 N–H and O–H groups in total. The molecule has 1 aromatic carbocycles. The number of nitrogens with zero attached hydrogens (tertiary/aromatic N) is 1. The van der Waals surface area contributed by atoms with Crippen molar-refractivity contribution in [1.82, 2.24) is 15.5 Å². The summed E-state index contributed by atoms with van der Waals surface area (Å²) >= 11 is 0. The molecule has 9 heteroatoms. The van der Waals surface area contributed by atoms with Gasteiger partial charge in [0.25, 0.3) is 5.91 Å². The van der Waals surface area contributed by atoms with Gasteiger partial charge in [0.05, 0.1) is 0 Å². The van der Waals surface area contributed by atoms with Crippen LogP contribution in [0.1, 0.15) is 30.0 Å². The topological polar surface area (TPSA) is 78.5 Å². The number of fused-ring (bicyclic) bond motifs is 1. The Balaban J connectivity index is 1.74. The number of hydrogen-bond acceptors (Lipinski definition) is 3. The number of amides is 4. The van der Waals surface area contributed by atoms with Crippen LogP contribution in [0.5, 0.6) is 0 Å². The van der Waals surface area contributed by atoms with Crippen molar-refractivity contribution in [2.45, 2.75) is 37.9 Å². The van der Waals surface area contributed by atoms with E-state index in [-0.39, 0.29) is 0 Å². The molecule has 1 fully saturated rings. The fourth-order valence-electron chi connectivity index (χ4n) is 3.32. The highest BCUT2D eigenvalue weighted by atomic mass is 19.4. The first-order chi connectivity index (χ1) is 12.1. The maximum Gasteiger partial charge on any atom is 0.405 e. The standard InChI is InChI=1S/C17H18F3N3O3/c1-16(12-6-5-10-3-2-4-11(10)7-12)14(25)23(15(26)22-16)8-13(24)21-9-17(18,19)20/h5-7H,2-4,8-9H2,1H3,(H,21,24)(H,22,26)/t16-/m1/s1. The molecule has 3 rings (SSSR count). The van der Waals surface area contributed by atoms with Gasteiger partial charge in [0.2, 0.25) is 5.91 Å². The highest BCUT2D eigenvalue weighted by Crippen LogP contribution is 2.32. The predicted molar refractivity (Wildman–Crippen MR) is 85.1 cm³/mol. The van der Waals surface area contributed by atoms with Crippen molar-refractivity contribution in [2.75, 3.05) is 13.1 Å². The third-order valence-electron chi connectivity index (χ3n) is 4.74. The van der Waals surface area contributed by atoms with Crippen LogP contribution in [0.2, 0.25) is 0 Å². The molecule has 1 atom stereocenters. The molecule has 1 aliphatic heterocycles.